The number of anilines is 1. The van der Waals surface area contributed by atoms with Crippen molar-refractivity contribution in [1.29, 1.82) is 0 Å². The topological polar surface area (TPSA) is 45.9 Å². The van der Waals surface area contributed by atoms with Crippen LogP contribution in [0.2, 0.25) is 0 Å². The number of carbonyl (C=O) groups is 1. The first-order chi connectivity index (χ1) is 12.2. The van der Waals surface area contributed by atoms with Gasteiger partial charge in [0.05, 0.1) is 12.2 Å². The third-order valence-electron chi connectivity index (χ3n) is 4.31. The zero-order chi connectivity index (χ0) is 17.6. The molecule has 1 aromatic carbocycles. The number of benzene rings is 1. The van der Waals surface area contributed by atoms with Gasteiger partial charge >= 0.3 is 5.97 Å². The molecule has 0 aliphatic carbocycles. The molecule has 0 spiro atoms. The van der Waals surface area contributed by atoms with Crippen LogP contribution in [0.1, 0.15) is 18.4 Å². The molecule has 0 radical (unpaired) electrons. The number of hydrogen-bond donors (Lipinski definition) is 0. The summed E-state index contributed by atoms with van der Waals surface area (Å²) in [6, 6.07) is 12.4. The number of para-hydroxylation sites is 1. The minimum absolute atomic E-state index is 0.203. The van der Waals surface area contributed by atoms with Crippen LogP contribution in [0.15, 0.2) is 45.7 Å². The van der Waals surface area contributed by atoms with E-state index in [0.717, 1.165) is 38.5 Å². The molecule has 0 amide bonds. The van der Waals surface area contributed by atoms with Gasteiger partial charge in [0.25, 0.3) is 0 Å². The summed E-state index contributed by atoms with van der Waals surface area (Å²) in [7, 11) is 0. The third kappa shape index (κ3) is 4.80. The van der Waals surface area contributed by atoms with Crippen LogP contribution in [-0.4, -0.2) is 43.3 Å². The molecule has 0 atom stereocenters. The van der Waals surface area contributed by atoms with Crippen molar-refractivity contribution in [3.63, 3.8) is 0 Å². The lowest BCUT2D eigenvalue weighted by Gasteiger charge is -2.36. The van der Waals surface area contributed by atoms with Gasteiger partial charge in [-0.25, -0.2) is 0 Å². The molecule has 2 aromatic rings. The van der Waals surface area contributed by atoms with Gasteiger partial charge in [0.1, 0.15) is 18.1 Å². The Bertz CT molecular complexity index is 708. The first-order valence-electron chi connectivity index (χ1n) is 8.47. The summed E-state index contributed by atoms with van der Waals surface area (Å²) >= 11 is 1.80. The number of carbonyl (C=O) groups excluding carboxylic acids is 1. The number of piperazine rings is 1. The molecule has 0 bridgehead atoms. The van der Waals surface area contributed by atoms with Gasteiger partial charge in [0.2, 0.25) is 0 Å². The standard InChI is InChI=1S/C19H24N2O3S/c1-15(22)23-14-17-8-7-16(24-17)13-20-9-11-21(12-10-20)18-5-3-4-6-19(18)25-2/h3-8H,9-14H2,1-2H3. The van der Waals surface area contributed by atoms with Crippen molar-refractivity contribution in [2.75, 3.05) is 37.3 Å². The molecular weight excluding hydrogens is 336 g/mol. The molecule has 3 rings (SSSR count). The van der Waals surface area contributed by atoms with Crippen molar-refractivity contribution in [3.05, 3.63) is 47.9 Å². The molecule has 134 valence electrons. The number of hydrogen-bond acceptors (Lipinski definition) is 6. The lowest BCUT2D eigenvalue weighted by molar-refractivity contribution is -0.142. The molecule has 2 heterocycles. The van der Waals surface area contributed by atoms with E-state index in [1.54, 1.807) is 11.8 Å². The first kappa shape index (κ1) is 17.9. The van der Waals surface area contributed by atoms with Crippen LogP contribution < -0.4 is 4.90 Å². The lowest BCUT2D eigenvalue weighted by atomic mass is 10.2. The van der Waals surface area contributed by atoms with E-state index in [9.17, 15) is 4.79 Å². The van der Waals surface area contributed by atoms with Crippen molar-refractivity contribution in [1.82, 2.24) is 4.90 Å². The summed E-state index contributed by atoms with van der Waals surface area (Å²) in [5, 5.41) is 0. The summed E-state index contributed by atoms with van der Waals surface area (Å²) in [4.78, 5) is 17.0. The predicted molar refractivity (Wildman–Crippen MR) is 99.9 cm³/mol. The van der Waals surface area contributed by atoms with Gasteiger partial charge in [-0.05, 0) is 30.5 Å². The zero-order valence-corrected chi connectivity index (χ0v) is 15.6. The van der Waals surface area contributed by atoms with E-state index in [0.29, 0.717) is 5.76 Å². The first-order valence-corrected chi connectivity index (χ1v) is 9.69. The van der Waals surface area contributed by atoms with Crippen molar-refractivity contribution in [3.8, 4) is 0 Å². The minimum Gasteiger partial charge on any atom is -0.461 e. The maximum absolute atomic E-state index is 10.9. The van der Waals surface area contributed by atoms with Crippen LogP contribution in [0.4, 0.5) is 5.69 Å². The van der Waals surface area contributed by atoms with Gasteiger partial charge in [0, 0.05) is 38.0 Å². The Morgan fingerprint density at radius 1 is 1.12 bits per heavy atom. The second-order valence-electron chi connectivity index (χ2n) is 6.08. The van der Waals surface area contributed by atoms with Crippen molar-refractivity contribution >= 4 is 23.4 Å². The van der Waals surface area contributed by atoms with Gasteiger partial charge in [-0.1, -0.05) is 12.1 Å². The van der Waals surface area contributed by atoms with Crippen molar-refractivity contribution < 1.29 is 13.9 Å². The van der Waals surface area contributed by atoms with Crippen molar-refractivity contribution in [2.24, 2.45) is 0 Å². The molecule has 6 heteroatoms. The van der Waals surface area contributed by atoms with E-state index < -0.39 is 0 Å². The van der Waals surface area contributed by atoms with Gasteiger partial charge < -0.3 is 14.1 Å². The van der Waals surface area contributed by atoms with E-state index in [1.807, 2.05) is 12.1 Å². The molecule has 25 heavy (non-hydrogen) atoms. The molecule has 1 aliphatic rings. The SMILES string of the molecule is CSc1ccccc1N1CCN(Cc2ccc(COC(C)=O)o2)CC1. The largest absolute Gasteiger partial charge is 0.461 e. The molecule has 1 aliphatic heterocycles. The number of furan rings is 1. The number of rotatable bonds is 6. The van der Waals surface area contributed by atoms with Crippen LogP contribution >= 0.6 is 11.8 Å². The molecule has 0 saturated carbocycles. The lowest BCUT2D eigenvalue weighted by Crippen LogP contribution is -2.46. The molecule has 1 aromatic heterocycles. The molecule has 0 N–H and O–H groups in total. The fraction of sp³-hybridized carbons (Fsp3) is 0.421. The maximum atomic E-state index is 10.9. The number of nitrogens with zero attached hydrogens (tertiary/aromatic N) is 2. The second kappa shape index (κ2) is 8.45. The summed E-state index contributed by atoms with van der Waals surface area (Å²) in [5.41, 5.74) is 1.33. The molecular formula is C19H24N2O3S. The Balaban J connectivity index is 1.52. The fourth-order valence-electron chi connectivity index (χ4n) is 3.02. The summed E-state index contributed by atoms with van der Waals surface area (Å²) < 4.78 is 10.7. The number of thioether (sulfide) groups is 1. The zero-order valence-electron chi connectivity index (χ0n) is 14.7. The minimum atomic E-state index is -0.292. The Labute approximate surface area is 152 Å². The highest BCUT2D eigenvalue weighted by atomic mass is 32.2. The summed E-state index contributed by atoms with van der Waals surface area (Å²) in [5.74, 6) is 1.32. The average Bonchev–Trinajstić information content (AvgIpc) is 3.08. The van der Waals surface area contributed by atoms with Gasteiger partial charge in [0.15, 0.2) is 0 Å². The third-order valence-corrected chi connectivity index (χ3v) is 5.10. The van der Waals surface area contributed by atoms with E-state index >= 15 is 0 Å². The smallest absolute Gasteiger partial charge is 0.303 e. The Hall–Kier alpha value is -1.92. The highest BCUT2D eigenvalue weighted by molar-refractivity contribution is 7.98. The van der Waals surface area contributed by atoms with Crippen molar-refractivity contribution in [2.45, 2.75) is 25.0 Å². The van der Waals surface area contributed by atoms with E-state index in [2.05, 4.69) is 40.3 Å². The highest BCUT2D eigenvalue weighted by Gasteiger charge is 2.20. The molecule has 5 nitrogen and oxygen atoms in total. The maximum Gasteiger partial charge on any atom is 0.303 e. The van der Waals surface area contributed by atoms with Crippen LogP contribution in [-0.2, 0) is 22.7 Å². The second-order valence-corrected chi connectivity index (χ2v) is 6.93. The molecule has 0 unspecified atom stereocenters. The van der Waals surface area contributed by atoms with Gasteiger partial charge in [-0.15, -0.1) is 11.8 Å². The average molecular weight is 360 g/mol. The Kier molecular flexibility index (Phi) is 6.04. The molecule has 1 fully saturated rings. The summed E-state index contributed by atoms with van der Waals surface area (Å²) in [6.45, 7) is 6.42. The monoisotopic (exact) mass is 360 g/mol. The van der Waals surface area contributed by atoms with Gasteiger partial charge in [-0.3, -0.25) is 9.69 Å². The summed E-state index contributed by atoms with van der Waals surface area (Å²) in [6.07, 6.45) is 2.12. The quantitative estimate of drug-likeness (QED) is 0.581. The highest BCUT2D eigenvalue weighted by Crippen LogP contribution is 2.29. The van der Waals surface area contributed by atoms with Crippen LogP contribution in [0.3, 0.4) is 0 Å². The molecule has 1 saturated heterocycles. The normalized spacial score (nSPS) is 15.4. The van der Waals surface area contributed by atoms with Gasteiger partial charge in [-0.2, -0.15) is 0 Å². The van der Waals surface area contributed by atoms with E-state index in [-0.39, 0.29) is 12.6 Å². The van der Waals surface area contributed by atoms with E-state index in [1.165, 1.54) is 17.5 Å². The van der Waals surface area contributed by atoms with Crippen LogP contribution in [0.25, 0.3) is 0 Å². The van der Waals surface area contributed by atoms with Crippen LogP contribution in [0, 0.1) is 0 Å². The predicted octanol–water partition coefficient (Wildman–Crippen LogP) is 3.39. The number of esters is 1. The number of ether oxygens (including phenoxy) is 1. The van der Waals surface area contributed by atoms with Crippen LogP contribution in [0.5, 0.6) is 0 Å². The Morgan fingerprint density at radius 2 is 1.84 bits per heavy atom. The fourth-order valence-corrected chi connectivity index (χ4v) is 3.64. The van der Waals surface area contributed by atoms with E-state index in [4.69, 9.17) is 9.15 Å². The Morgan fingerprint density at radius 3 is 2.56 bits per heavy atom.